The fraction of sp³-hybridized carbons (Fsp3) is 0. The van der Waals surface area contributed by atoms with E-state index in [9.17, 15) is 119 Å². The molecule has 6 aromatic carbocycles. The summed E-state index contributed by atoms with van der Waals surface area (Å²) in [4.78, 5) is 151. The van der Waals surface area contributed by atoms with Crippen molar-refractivity contribution in [2.45, 2.75) is 0 Å². The molecule has 0 aliphatic carbocycles. The summed E-state index contributed by atoms with van der Waals surface area (Å²) in [6, 6.07) is 9.78. The number of aromatic carboxylic acids is 12. The molecule has 1 aliphatic heterocycles. The molecule has 36 heteroatoms. The second kappa shape index (κ2) is 23.3. The molecule has 33 nitrogen and oxygen atoms in total. The van der Waals surface area contributed by atoms with Gasteiger partial charge < -0.3 is 88.4 Å². The van der Waals surface area contributed by atoms with Crippen LogP contribution < -0.4 is 27.1 Å². The second-order valence-electron chi connectivity index (χ2n) is 16.4. The third kappa shape index (κ3) is 13.9. The summed E-state index contributed by atoms with van der Waals surface area (Å²) in [5.74, 6) is -29.2. The summed E-state index contributed by atoms with van der Waals surface area (Å²) in [7, 11) is -18.1. The Morgan fingerprint density at radius 3 is 0.381 bits per heavy atom. The van der Waals surface area contributed by atoms with Gasteiger partial charge in [0.15, 0.2) is 0 Å². The third-order valence-electron chi connectivity index (χ3n) is 10.4. The predicted molar refractivity (Wildman–Crippen MR) is 274 cm³/mol. The minimum atomic E-state index is -6.02. The van der Waals surface area contributed by atoms with E-state index in [0.717, 1.165) is 0 Å². The highest BCUT2D eigenvalue weighted by atomic mass is 31.3. The lowest BCUT2D eigenvalue weighted by Gasteiger charge is -2.33. The first-order valence-corrected chi connectivity index (χ1v) is 26.6. The Labute approximate surface area is 463 Å². The van der Waals surface area contributed by atoms with E-state index in [1.807, 2.05) is 0 Å². The van der Waals surface area contributed by atoms with E-state index in [0.29, 0.717) is 109 Å². The summed E-state index contributed by atoms with van der Waals surface area (Å²) in [5, 5.41) is 122. The Morgan fingerprint density at radius 2 is 0.298 bits per heavy atom. The molecule has 0 fully saturated rings. The smallest absolute Gasteiger partial charge is 0.460 e. The fourth-order valence-electron chi connectivity index (χ4n) is 6.97. The summed E-state index contributed by atoms with van der Waals surface area (Å²) in [6.07, 6.45) is 0. The van der Waals surface area contributed by atoms with Crippen LogP contribution in [0.3, 0.4) is 0 Å². The molecular formula is C48H30N3O30P3. The first-order chi connectivity index (χ1) is 39.2. The van der Waals surface area contributed by atoms with Crippen LogP contribution in [-0.2, 0) is 0 Å². The van der Waals surface area contributed by atoms with Crippen molar-refractivity contribution in [3.63, 3.8) is 0 Å². The monoisotopic (exact) mass is 1220 g/mol. The van der Waals surface area contributed by atoms with Crippen molar-refractivity contribution in [1.82, 2.24) is 0 Å². The number of benzene rings is 6. The van der Waals surface area contributed by atoms with Crippen LogP contribution in [0.5, 0.6) is 34.5 Å². The van der Waals surface area contributed by atoms with Gasteiger partial charge in [0.1, 0.15) is 34.5 Å². The van der Waals surface area contributed by atoms with Gasteiger partial charge in [0.05, 0.1) is 66.8 Å². The van der Waals surface area contributed by atoms with Crippen molar-refractivity contribution >= 4 is 94.6 Å². The molecule has 0 spiro atoms. The number of hydrogen-bond donors (Lipinski definition) is 12. The average molecular weight is 1220 g/mol. The normalized spacial score (nSPS) is 13.3. The van der Waals surface area contributed by atoms with Crippen LogP contribution in [0.4, 0.5) is 0 Å². The molecule has 1 heterocycles. The number of carboxylic acid groups (broad SMARTS) is 12. The number of rotatable bonds is 24. The molecule has 0 unspecified atom stereocenters. The van der Waals surface area contributed by atoms with E-state index in [1.54, 1.807) is 0 Å². The van der Waals surface area contributed by atoms with Crippen LogP contribution >= 0.6 is 23.0 Å². The zero-order valence-electron chi connectivity index (χ0n) is 40.8. The van der Waals surface area contributed by atoms with Crippen molar-refractivity contribution in [2.24, 2.45) is 13.5 Å². The molecule has 0 saturated carbocycles. The maximum absolute atomic E-state index is 12.6. The largest absolute Gasteiger partial charge is 0.478 e. The molecule has 0 bridgehead atoms. The molecule has 6 aromatic rings. The van der Waals surface area contributed by atoms with Gasteiger partial charge in [-0.15, -0.1) is 0 Å². The molecule has 7 rings (SSSR count). The van der Waals surface area contributed by atoms with Crippen molar-refractivity contribution < 1.29 is 146 Å². The Hall–Kier alpha value is -11.6. The summed E-state index contributed by atoms with van der Waals surface area (Å²) >= 11 is 0. The van der Waals surface area contributed by atoms with Crippen molar-refractivity contribution in [3.05, 3.63) is 176 Å². The zero-order chi connectivity index (χ0) is 61.9. The topological polar surface area (TPSA) is 540 Å². The Bertz CT molecular complexity index is 3280. The van der Waals surface area contributed by atoms with Gasteiger partial charge in [-0.05, 0) is 109 Å². The summed E-state index contributed by atoms with van der Waals surface area (Å²) < 4.78 is 50.6. The van der Waals surface area contributed by atoms with Gasteiger partial charge in [0, 0.05) is 0 Å². The molecule has 84 heavy (non-hydrogen) atoms. The van der Waals surface area contributed by atoms with E-state index in [-0.39, 0.29) is 0 Å². The molecular weight excluding hydrogens is 1190 g/mol. The number of carboxylic acids is 12. The van der Waals surface area contributed by atoms with Gasteiger partial charge in [-0.25, -0.2) is 57.5 Å². The summed E-state index contributed by atoms with van der Waals surface area (Å²) in [5.41, 5.74) is -11.4. The molecule has 1 aliphatic rings. The van der Waals surface area contributed by atoms with Gasteiger partial charge in [-0.1, -0.05) is 13.5 Å². The maximum atomic E-state index is 12.6. The fourth-order valence-corrected chi connectivity index (χ4v) is 15.9. The quantitative estimate of drug-likeness (QED) is 0.0252. The lowest BCUT2D eigenvalue weighted by molar-refractivity contribution is 0.0676. The lowest BCUT2D eigenvalue weighted by atomic mass is 10.1. The first-order valence-electron chi connectivity index (χ1n) is 22.0. The van der Waals surface area contributed by atoms with Crippen LogP contribution in [-0.4, -0.2) is 133 Å². The minimum Gasteiger partial charge on any atom is -0.478 e. The maximum Gasteiger partial charge on any atom is 0.460 e. The lowest BCUT2D eigenvalue weighted by Crippen LogP contribution is -2.14. The van der Waals surface area contributed by atoms with E-state index in [4.69, 9.17) is 27.1 Å². The average Bonchev–Trinajstić information content (AvgIpc) is 3.39. The second-order valence-corrected chi connectivity index (χ2v) is 22.6. The molecule has 0 radical (unpaired) electrons. The first kappa shape index (κ1) is 60.1. The highest BCUT2D eigenvalue weighted by Gasteiger charge is 2.50. The highest BCUT2D eigenvalue weighted by molar-refractivity contribution is 7.79. The Kier molecular flexibility index (Phi) is 16.6. The van der Waals surface area contributed by atoms with Crippen LogP contribution in [0.2, 0.25) is 0 Å². The summed E-state index contributed by atoms with van der Waals surface area (Å²) in [6.45, 7) is 0. The number of nitrogens with zero attached hydrogens (tertiary/aromatic N) is 3. The Balaban J connectivity index is 1.83. The zero-order valence-corrected chi connectivity index (χ0v) is 43.5. The van der Waals surface area contributed by atoms with Crippen molar-refractivity contribution in [2.75, 3.05) is 0 Å². The van der Waals surface area contributed by atoms with Crippen molar-refractivity contribution in [1.29, 1.82) is 0 Å². The number of carbonyl (C=O) groups is 12. The highest BCUT2D eigenvalue weighted by Crippen LogP contribution is 2.79. The van der Waals surface area contributed by atoms with E-state index in [2.05, 4.69) is 13.5 Å². The number of hydrogen-bond acceptors (Lipinski definition) is 21. The standard InChI is InChI=1S/C48H30N3O30P3/c52-37(53)19-1-20(38(54)55)8-31(7-19)76-82(77-32-9-21(39(56)57)2-22(10-32)40(58)59)49-83(78-33-11-23(41(60)61)3-24(12-33)42(62)63,79-34-13-25(43(64)65)4-26(14-34)44(66)67)51-84(50-82,80-35-15-27(45(68)69)5-28(16-35)46(70)71)81-36-17-29(47(72)73)6-30(18-36)48(74)75/h1-18H,(H,52,53)(H,54,55)(H,56,57)(H,58,59)(H,60,61)(H,62,63)(H,64,65)(H,66,67)(H,68,69)(H,70,71)(H,72,73)(H,74,75). The van der Waals surface area contributed by atoms with Gasteiger partial charge in [-0.2, -0.15) is 0 Å². The molecule has 0 amide bonds. The van der Waals surface area contributed by atoms with Crippen molar-refractivity contribution in [3.8, 4) is 34.5 Å². The molecule has 0 aromatic heterocycles. The molecule has 12 N–H and O–H groups in total. The van der Waals surface area contributed by atoms with Crippen LogP contribution in [0, 0.1) is 0 Å². The van der Waals surface area contributed by atoms with Gasteiger partial charge >= 0.3 is 94.6 Å². The van der Waals surface area contributed by atoms with Gasteiger partial charge in [-0.3, -0.25) is 0 Å². The molecule has 432 valence electrons. The van der Waals surface area contributed by atoms with E-state index < -0.39 is 196 Å². The Morgan fingerprint density at radius 1 is 0.202 bits per heavy atom. The SMILES string of the molecule is O=C(O)c1cc(OP2(Oc3cc(C(=O)O)cc(C(=O)O)c3)=NP(Oc3cc(C(=O)O)cc(C(=O)O)c3)(Oc3cc(C(=O)O)cc(C(=O)O)c3)=NP(Oc3cc(C(=O)O)cc(C(=O)O)c3)(Oc3cc(C(=O)O)cc(C(=O)O)c3)=N2)cc(C(=O)O)c1. The predicted octanol–water partition coefficient (Wildman–Crippen LogP) is 8.69. The van der Waals surface area contributed by atoms with Crippen LogP contribution in [0.25, 0.3) is 0 Å². The van der Waals surface area contributed by atoms with E-state index in [1.165, 1.54) is 0 Å². The van der Waals surface area contributed by atoms with Crippen LogP contribution in [0.1, 0.15) is 124 Å². The molecule has 0 saturated heterocycles. The molecule has 0 atom stereocenters. The third-order valence-corrected chi connectivity index (χ3v) is 18.5. The van der Waals surface area contributed by atoms with Gasteiger partial charge in [0.2, 0.25) is 0 Å². The minimum absolute atomic E-state index is 0.534. The van der Waals surface area contributed by atoms with Crippen LogP contribution in [0.15, 0.2) is 123 Å². The van der Waals surface area contributed by atoms with Gasteiger partial charge in [0.25, 0.3) is 0 Å². The van der Waals surface area contributed by atoms with E-state index >= 15 is 0 Å².